The average molecular weight is 403 g/mol. The van der Waals surface area contributed by atoms with Gasteiger partial charge in [-0.05, 0) is 55.7 Å². The van der Waals surface area contributed by atoms with Gasteiger partial charge in [-0.3, -0.25) is 0 Å². The molecule has 0 saturated heterocycles. The lowest BCUT2D eigenvalue weighted by Crippen LogP contribution is -2.41. The fourth-order valence-corrected chi connectivity index (χ4v) is 4.60. The first kappa shape index (κ1) is 21.8. The van der Waals surface area contributed by atoms with Gasteiger partial charge in [0.25, 0.3) is 0 Å². The Kier molecular flexibility index (Phi) is 7.40. The molecule has 3 heteroatoms. The van der Waals surface area contributed by atoms with Crippen LogP contribution in [0.4, 0.5) is 0 Å². The normalized spacial score (nSPS) is 15.6. The predicted octanol–water partition coefficient (Wildman–Crippen LogP) is 6.20. The van der Waals surface area contributed by atoms with Gasteiger partial charge in [-0.15, -0.1) is 0 Å². The van der Waals surface area contributed by atoms with Crippen LogP contribution in [0.3, 0.4) is 0 Å². The lowest BCUT2D eigenvalue weighted by atomic mass is 9.86. The van der Waals surface area contributed by atoms with Crippen molar-refractivity contribution in [1.29, 1.82) is 0 Å². The second-order valence-corrected chi connectivity index (χ2v) is 8.13. The first-order valence-electron chi connectivity index (χ1n) is 10.9. The first-order chi connectivity index (χ1) is 14.6. The standard InChI is InChI=1S/C27H34N2O/c1-4-29(27(17-10-11-18-27)24-13-6-5-7-14-24)20-12-19-28-23(3)21-22(2)25-15-8-9-16-26(25)30/h4-9,13-16,21,28,30H,1-2,10-12,17-20H2,3H3/b23-21+. The monoisotopic (exact) mass is 402 g/mol. The van der Waals surface area contributed by atoms with E-state index in [2.05, 4.69) is 53.7 Å². The molecular formula is C27H34N2O. The number of hydrogen-bond acceptors (Lipinski definition) is 3. The number of rotatable bonds is 10. The van der Waals surface area contributed by atoms with E-state index in [1.54, 1.807) is 6.07 Å². The highest BCUT2D eigenvalue weighted by atomic mass is 16.3. The summed E-state index contributed by atoms with van der Waals surface area (Å²) in [7, 11) is 0. The summed E-state index contributed by atoms with van der Waals surface area (Å²) in [5.74, 6) is 0.260. The summed E-state index contributed by atoms with van der Waals surface area (Å²) in [6.07, 6.45) is 9.96. The molecule has 1 aliphatic carbocycles. The van der Waals surface area contributed by atoms with Gasteiger partial charge < -0.3 is 15.3 Å². The molecule has 1 fully saturated rings. The van der Waals surface area contributed by atoms with E-state index in [-0.39, 0.29) is 11.3 Å². The van der Waals surface area contributed by atoms with Gasteiger partial charge in [0.15, 0.2) is 0 Å². The minimum Gasteiger partial charge on any atom is -0.507 e. The highest BCUT2D eigenvalue weighted by Crippen LogP contribution is 2.44. The molecule has 1 aliphatic rings. The van der Waals surface area contributed by atoms with E-state index >= 15 is 0 Å². The third-order valence-corrected chi connectivity index (χ3v) is 6.13. The molecule has 2 aromatic carbocycles. The number of benzene rings is 2. The maximum Gasteiger partial charge on any atom is 0.123 e. The van der Waals surface area contributed by atoms with Crippen LogP contribution in [-0.2, 0) is 5.54 Å². The van der Waals surface area contributed by atoms with Crippen LogP contribution < -0.4 is 5.32 Å². The Hall–Kier alpha value is -2.94. The molecule has 0 bridgehead atoms. The number of para-hydroxylation sites is 1. The molecule has 158 valence electrons. The van der Waals surface area contributed by atoms with Crippen molar-refractivity contribution in [2.45, 2.75) is 44.6 Å². The zero-order valence-electron chi connectivity index (χ0n) is 18.1. The smallest absolute Gasteiger partial charge is 0.123 e. The zero-order valence-corrected chi connectivity index (χ0v) is 18.1. The fraction of sp³-hybridized carbons (Fsp3) is 0.333. The maximum absolute atomic E-state index is 9.99. The van der Waals surface area contributed by atoms with E-state index in [0.29, 0.717) is 0 Å². The third-order valence-electron chi connectivity index (χ3n) is 6.13. The molecule has 30 heavy (non-hydrogen) atoms. The zero-order chi connectivity index (χ0) is 21.4. The Morgan fingerprint density at radius 3 is 2.43 bits per heavy atom. The summed E-state index contributed by atoms with van der Waals surface area (Å²) in [5.41, 5.74) is 4.12. The minimum atomic E-state index is 0.0903. The van der Waals surface area contributed by atoms with E-state index in [4.69, 9.17) is 0 Å². The number of nitrogens with zero attached hydrogens (tertiary/aromatic N) is 1. The Morgan fingerprint density at radius 1 is 1.10 bits per heavy atom. The van der Waals surface area contributed by atoms with E-state index in [1.165, 1.54) is 31.2 Å². The average Bonchev–Trinajstić information content (AvgIpc) is 3.25. The van der Waals surface area contributed by atoms with Crippen molar-refractivity contribution >= 4 is 5.57 Å². The van der Waals surface area contributed by atoms with Crippen molar-refractivity contribution in [3.8, 4) is 5.75 Å². The van der Waals surface area contributed by atoms with Crippen LogP contribution in [0, 0.1) is 0 Å². The molecule has 0 spiro atoms. The number of phenolic OH excluding ortho intramolecular Hbond substituents is 1. The predicted molar refractivity (Wildman–Crippen MR) is 127 cm³/mol. The van der Waals surface area contributed by atoms with Crippen LogP contribution in [0.5, 0.6) is 5.75 Å². The Balaban J connectivity index is 1.56. The molecule has 2 N–H and O–H groups in total. The minimum absolute atomic E-state index is 0.0903. The lowest BCUT2D eigenvalue weighted by Gasteiger charge is -2.41. The molecule has 0 aromatic heterocycles. The van der Waals surface area contributed by atoms with Crippen molar-refractivity contribution in [2.75, 3.05) is 13.1 Å². The van der Waals surface area contributed by atoms with Crippen molar-refractivity contribution < 1.29 is 5.11 Å². The molecule has 0 amide bonds. The second-order valence-electron chi connectivity index (χ2n) is 8.13. The van der Waals surface area contributed by atoms with Crippen LogP contribution in [0.15, 0.2) is 85.7 Å². The molecule has 0 radical (unpaired) electrons. The molecule has 2 aromatic rings. The van der Waals surface area contributed by atoms with Crippen molar-refractivity contribution in [2.24, 2.45) is 0 Å². The molecule has 3 rings (SSSR count). The van der Waals surface area contributed by atoms with Crippen LogP contribution in [-0.4, -0.2) is 23.1 Å². The van der Waals surface area contributed by atoms with Gasteiger partial charge in [0.2, 0.25) is 0 Å². The molecule has 0 unspecified atom stereocenters. The first-order valence-corrected chi connectivity index (χ1v) is 10.9. The van der Waals surface area contributed by atoms with E-state index < -0.39 is 0 Å². The SMILES string of the molecule is C=CN(CCCN/C(C)=C/C(=C)c1ccccc1O)C1(c2ccccc2)CCCC1. The Bertz CT molecular complexity index is 879. The summed E-state index contributed by atoms with van der Waals surface area (Å²) in [5, 5.41) is 13.5. The third kappa shape index (κ3) is 4.96. The highest BCUT2D eigenvalue weighted by molar-refractivity contribution is 5.76. The van der Waals surface area contributed by atoms with Crippen molar-refractivity contribution in [1.82, 2.24) is 10.2 Å². The molecule has 3 nitrogen and oxygen atoms in total. The van der Waals surface area contributed by atoms with Crippen LogP contribution in [0.25, 0.3) is 5.57 Å². The second kappa shape index (κ2) is 10.2. The molecule has 0 aliphatic heterocycles. The van der Waals surface area contributed by atoms with E-state index in [1.807, 2.05) is 37.4 Å². The summed E-state index contributed by atoms with van der Waals surface area (Å²) >= 11 is 0. The van der Waals surface area contributed by atoms with Gasteiger partial charge in [-0.2, -0.15) is 0 Å². The number of allylic oxidation sites excluding steroid dienone is 3. The number of aromatic hydroxyl groups is 1. The van der Waals surface area contributed by atoms with Crippen LogP contribution in [0.2, 0.25) is 0 Å². The van der Waals surface area contributed by atoms with Crippen molar-refractivity contribution in [3.63, 3.8) is 0 Å². The summed E-state index contributed by atoms with van der Waals surface area (Å²) in [6.45, 7) is 12.1. The Morgan fingerprint density at radius 2 is 1.77 bits per heavy atom. The molecular weight excluding hydrogens is 368 g/mol. The van der Waals surface area contributed by atoms with Gasteiger partial charge in [0.05, 0.1) is 5.54 Å². The van der Waals surface area contributed by atoms with Gasteiger partial charge >= 0.3 is 0 Å². The molecule has 0 heterocycles. The summed E-state index contributed by atoms with van der Waals surface area (Å²) in [6, 6.07) is 18.2. The Labute approximate surface area is 181 Å². The lowest BCUT2D eigenvalue weighted by molar-refractivity contribution is 0.148. The van der Waals surface area contributed by atoms with E-state index in [9.17, 15) is 5.11 Å². The maximum atomic E-state index is 9.99. The fourth-order valence-electron chi connectivity index (χ4n) is 4.60. The number of nitrogens with one attached hydrogen (secondary N) is 1. The number of phenols is 1. The largest absolute Gasteiger partial charge is 0.507 e. The summed E-state index contributed by atoms with van der Waals surface area (Å²) < 4.78 is 0. The molecule has 1 saturated carbocycles. The van der Waals surface area contributed by atoms with Gasteiger partial charge in [-0.25, -0.2) is 0 Å². The van der Waals surface area contributed by atoms with Crippen LogP contribution in [0.1, 0.15) is 50.2 Å². The van der Waals surface area contributed by atoms with Crippen LogP contribution >= 0.6 is 0 Å². The van der Waals surface area contributed by atoms with Gasteiger partial charge in [-0.1, -0.05) is 74.5 Å². The number of hydrogen-bond donors (Lipinski definition) is 2. The van der Waals surface area contributed by atoms with E-state index in [0.717, 1.165) is 36.3 Å². The van der Waals surface area contributed by atoms with Crippen molar-refractivity contribution in [3.05, 3.63) is 96.9 Å². The van der Waals surface area contributed by atoms with Gasteiger partial charge in [0, 0.05) is 24.4 Å². The quantitative estimate of drug-likeness (QED) is 0.367. The summed E-state index contributed by atoms with van der Waals surface area (Å²) in [4.78, 5) is 2.46. The van der Waals surface area contributed by atoms with Gasteiger partial charge in [0.1, 0.15) is 5.75 Å². The molecule has 0 atom stereocenters. The highest BCUT2D eigenvalue weighted by Gasteiger charge is 2.39. The topological polar surface area (TPSA) is 35.5 Å².